The lowest BCUT2D eigenvalue weighted by Gasteiger charge is -2.16. The van der Waals surface area contributed by atoms with Gasteiger partial charge in [0.2, 0.25) is 0 Å². The van der Waals surface area contributed by atoms with E-state index in [1.54, 1.807) is 26.2 Å². The maximum absolute atomic E-state index is 11.2. The molecule has 0 bridgehead atoms. The minimum atomic E-state index is -0.447. The molecule has 0 aliphatic heterocycles. The Morgan fingerprint density at radius 3 is 2.69 bits per heavy atom. The number of methoxy groups -OCH3 is 1. The molecule has 3 N–H and O–H groups in total. The summed E-state index contributed by atoms with van der Waals surface area (Å²) in [6.07, 6.45) is 1.45. The summed E-state index contributed by atoms with van der Waals surface area (Å²) in [6, 6.07) is -0.447. The lowest BCUT2D eigenvalue weighted by molar-refractivity contribution is -0.126. The van der Waals surface area contributed by atoms with Crippen LogP contribution in [0.15, 0.2) is 0 Å². The maximum Gasteiger partial charge on any atom is 0.251 e. The summed E-state index contributed by atoms with van der Waals surface area (Å²) >= 11 is 0. The monoisotopic (exact) mass is 189 g/mol. The Morgan fingerprint density at radius 1 is 1.62 bits per heavy atom. The predicted molar refractivity (Wildman–Crippen MR) is 50.9 cm³/mol. The summed E-state index contributed by atoms with van der Waals surface area (Å²) in [5.41, 5.74) is 8.21. The quantitative estimate of drug-likeness (QED) is 0.430. The number of carbonyl (C=O) groups is 1. The molecule has 0 aromatic rings. The molecule has 5 nitrogen and oxygen atoms in total. The van der Waals surface area contributed by atoms with Gasteiger partial charge in [0.1, 0.15) is 0 Å². The minimum absolute atomic E-state index is 0.152. The van der Waals surface area contributed by atoms with Crippen LogP contribution in [-0.2, 0) is 9.53 Å². The normalized spacial score (nSPS) is 13.0. The van der Waals surface area contributed by atoms with Gasteiger partial charge in [-0.2, -0.15) is 0 Å². The number of nitrogens with one attached hydrogen (secondary N) is 1. The lowest BCUT2D eigenvalue weighted by atomic mass is 10.1. The van der Waals surface area contributed by atoms with Gasteiger partial charge in [0.05, 0.1) is 6.04 Å². The van der Waals surface area contributed by atoms with Gasteiger partial charge in [-0.1, -0.05) is 0 Å². The first-order valence-corrected chi connectivity index (χ1v) is 4.30. The molecule has 0 fully saturated rings. The van der Waals surface area contributed by atoms with E-state index in [9.17, 15) is 4.79 Å². The molecular weight excluding hydrogens is 170 g/mol. The van der Waals surface area contributed by atoms with Gasteiger partial charge in [0, 0.05) is 27.8 Å². The van der Waals surface area contributed by atoms with Crippen molar-refractivity contribution in [3.63, 3.8) is 0 Å². The van der Waals surface area contributed by atoms with Gasteiger partial charge in [0.15, 0.2) is 0 Å². The zero-order valence-corrected chi connectivity index (χ0v) is 8.54. The highest BCUT2D eigenvalue weighted by Crippen LogP contribution is 1.94. The summed E-state index contributed by atoms with van der Waals surface area (Å²) in [7, 11) is 5.13. The van der Waals surface area contributed by atoms with Crippen molar-refractivity contribution < 1.29 is 9.53 Å². The highest BCUT2D eigenvalue weighted by molar-refractivity contribution is 5.80. The molecule has 13 heavy (non-hydrogen) atoms. The van der Waals surface area contributed by atoms with Crippen molar-refractivity contribution in [3.8, 4) is 0 Å². The number of nitrogens with zero attached hydrogens (tertiary/aromatic N) is 1. The van der Waals surface area contributed by atoms with Crippen LogP contribution in [0.5, 0.6) is 0 Å². The highest BCUT2D eigenvalue weighted by atomic mass is 16.5. The van der Waals surface area contributed by atoms with Crippen molar-refractivity contribution >= 4 is 5.91 Å². The first kappa shape index (κ1) is 12.3. The molecule has 0 aromatic heterocycles. The maximum atomic E-state index is 11.2. The Kier molecular flexibility index (Phi) is 6.48. The molecule has 5 heteroatoms. The molecule has 0 aliphatic carbocycles. The zero-order valence-electron chi connectivity index (χ0n) is 8.54. The zero-order chi connectivity index (χ0) is 10.3. The van der Waals surface area contributed by atoms with Crippen LogP contribution in [-0.4, -0.2) is 44.8 Å². The van der Waals surface area contributed by atoms with E-state index in [-0.39, 0.29) is 5.91 Å². The van der Waals surface area contributed by atoms with Crippen LogP contribution in [0.1, 0.15) is 12.8 Å². The SMILES string of the molecule is COCCCC(N)C(=O)NN(C)C. The summed E-state index contributed by atoms with van der Waals surface area (Å²) in [5.74, 6) is -0.152. The van der Waals surface area contributed by atoms with E-state index >= 15 is 0 Å². The molecule has 0 rings (SSSR count). The highest BCUT2D eigenvalue weighted by Gasteiger charge is 2.12. The Labute approximate surface area is 79.2 Å². The van der Waals surface area contributed by atoms with Gasteiger partial charge in [-0.3, -0.25) is 10.2 Å². The third-order valence-corrected chi connectivity index (χ3v) is 1.53. The van der Waals surface area contributed by atoms with Crippen LogP contribution in [0.4, 0.5) is 0 Å². The minimum Gasteiger partial charge on any atom is -0.385 e. The molecule has 1 atom stereocenters. The van der Waals surface area contributed by atoms with E-state index in [2.05, 4.69) is 5.43 Å². The van der Waals surface area contributed by atoms with Crippen molar-refractivity contribution in [2.75, 3.05) is 27.8 Å². The van der Waals surface area contributed by atoms with Crippen LogP contribution in [0.25, 0.3) is 0 Å². The van der Waals surface area contributed by atoms with E-state index in [1.807, 2.05) is 0 Å². The topological polar surface area (TPSA) is 67.6 Å². The van der Waals surface area contributed by atoms with Gasteiger partial charge in [-0.25, -0.2) is 5.01 Å². The van der Waals surface area contributed by atoms with E-state index in [1.165, 1.54) is 0 Å². The Hall–Kier alpha value is -0.650. The fourth-order valence-electron chi connectivity index (χ4n) is 0.882. The number of hydrazine groups is 1. The van der Waals surface area contributed by atoms with E-state index in [0.717, 1.165) is 6.42 Å². The number of carbonyl (C=O) groups excluding carboxylic acids is 1. The second-order valence-corrected chi connectivity index (χ2v) is 3.11. The van der Waals surface area contributed by atoms with Crippen molar-refractivity contribution in [3.05, 3.63) is 0 Å². The Morgan fingerprint density at radius 2 is 2.23 bits per heavy atom. The van der Waals surface area contributed by atoms with Crippen LogP contribution in [0, 0.1) is 0 Å². The largest absolute Gasteiger partial charge is 0.385 e. The molecule has 0 saturated carbocycles. The molecule has 0 aliphatic rings. The van der Waals surface area contributed by atoms with Crippen LogP contribution >= 0.6 is 0 Å². The van der Waals surface area contributed by atoms with Gasteiger partial charge in [-0.15, -0.1) is 0 Å². The predicted octanol–water partition coefficient (Wildman–Crippen LogP) is -0.667. The molecule has 0 saturated heterocycles. The molecule has 1 amide bonds. The average Bonchev–Trinajstić information content (AvgIpc) is 2.03. The molecule has 0 heterocycles. The first-order valence-electron chi connectivity index (χ1n) is 4.30. The third kappa shape index (κ3) is 6.51. The second-order valence-electron chi connectivity index (χ2n) is 3.11. The molecular formula is C8H19N3O2. The standard InChI is InChI=1S/C8H19N3O2/c1-11(2)10-8(12)7(9)5-4-6-13-3/h7H,4-6,9H2,1-3H3,(H,10,12). The van der Waals surface area contributed by atoms with Gasteiger partial charge >= 0.3 is 0 Å². The van der Waals surface area contributed by atoms with Gasteiger partial charge in [0.25, 0.3) is 5.91 Å². The van der Waals surface area contributed by atoms with Gasteiger partial charge < -0.3 is 10.5 Å². The molecule has 1 unspecified atom stereocenters. The Bertz CT molecular complexity index is 150. The summed E-state index contributed by atoms with van der Waals surface area (Å²) in [5, 5.41) is 1.58. The molecule has 0 aromatic carbocycles. The van der Waals surface area contributed by atoms with Crippen LogP contribution in [0.3, 0.4) is 0 Å². The third-order valence-electron chi connectivity index (χ3n) is 1.53. The van der Waals surface area contributed by atoms with Gasteiger partial charge in [-0.05, 0) is 12.8 Å². The van der Waals surface area contributed by atoms with E-state index < -0.39 is 6.04 Å². The lowest BCUT2D eigenvalue weighted by Crippen LogP contribution is -2.46. The van der Waals surface area contributed by atoms with Crippen molar-refractivity contribution in [2.45, 2.75) is 18.9 Å². The number of ether oxygens (including phenoxy) is 1. The number of hydrogen-bond donors (Lipinski definition) is 2. The number of nitrogens with two attached hydrogens (primary N) is 1. The molecule has 0 spiro atoms. The van der Waals surface area contributed by atoms with E-state index in [0.29, 0.717) is 13.0 Å². The number of hydrogen-bond acceptors (Lipinski definition) is 4. The van der Waals surface area contributed by atoms with Crippen molar-refractivity contribution in [1.29, 1.82) is 0 Å². The smallest absolute Gasteiger partial charge is 0.251 e. The van der Waals surface area contributed by atoms with E-state index in [4.69, 9.17) is 10.5 Å². The fraction of sp³-hybridized carbons (Fsp3) is 0.875. The average molecular weight is 189 g/mol. The summed E-state index contributed by atoms with van der Waals surface area (Å²) < 4.78 is 4.86. The first-order chi connectivity index (χ1) is 6.07. The van der Waals surface area contributed by atoms with Crippen LogP contribution < -0.4 is 11.2 Å². The second kappa shape index (κ2) is 6.82. The fourth-order valence-corrected chi connectivity index (χ4v) is 0.882. The van der Waals surface area contributed by atoms with Crippen LogP contribution in [0.2, 0.25) is 0 Å². The summed E-state index contributed by atoms with van der Waals surface area (Å²) in [4.78, 5) is 11.2. The summed E-state index contributed by atoms with van der Waals surface area (Å²) in [6.45, 7) is 0.642. The number of amides is 1. The number of rotatable bonds is 6. The van der Waals surface area contributed by atoms with Crippen molar-refractivity contribution in [2.24, 2.45) is 5.73 Å². The molecule has 78 valence electrons. The van der Waals surface area contributed by atoms with Crippen molar-refractivity contribution in [1.82, 2.24) is 10.4 Å². The molecule has 0 radical (unpaired) electrons. The Balaban J connectivity index is 3.57.